The number of amides is 1. The lowest BCUT2D eigenvalue weighted by Gasteiger charge is -2.32. The fraction of sp³-hybridized carbons (Fsp3) is 0.647. The van der Waals surface area contributed by atoms with Crippen molar-refractivity contribution < 1.29 is 9.53 Å². The van der Waals surface area contributed by atoms with Crippen LogP contribution in [0.3, 0.4) is 0 Å². The first-order chi connectivity index (χ1) is 11.3. The molecular weight excluding hydrogens is 292 g/mol. The van der Waals surface area contributed by atoms with E-state index < -0.39 is 0 Å². The van der Waals surface area contributed by atoms with E-state index in [0.29, 0.717) is 18.2 Å². The van der Waals surface area contributed by atoms with Gasteiger partial charge < -0.3 is 15.0 Å². The SMILES string of the molecule is CC(CNC(=O)c1cccnc1N1CCCC1)N1CCOCC1. The van der Waals surface area contributed by atoms with Crippen molar-refractivity contribution in [3.8, 4) is 0 Å². The summed E-state index contributed by atoms with van der Waals surface area (Å²) >= 11 is 0. The summed E-state index contributed by atoms with van der Waals surface area (Å²) in [5.74, 6) is 0.793. The van der Waals surface area contributed by atoms with Crippen LogP contribution in [0.15, 0.2) is 18.3 Å². The van der Waals surface area contributed by atoms with E-state index in [9.17, 15) is 4.79 Å². The Balaban J connectivity index is 1.59. The van der Waals surface area contributed by atoms with Crippen molar-refractivity contribution in [3.05, 3.63) is 23.9 Å². The molecule has 6 nitrogen and oxygen atoms in total. The molecule has 1 amide bonds. The summed E-state index contributed by atoms with van der Waals surface area (Å²) in [6.07, 6.45) is 4.11. The van der Waals surface area contributed by atoms with Crippen LogP contribution < -0.4 is 10.2 Å². The maximum atomic E-state index is 12.6. The maximum Gasteiger partial charge on any atom is 0.255 e. The van der Waals surface area contributed by atoms with Gasteiger partial charge in [-0.1, -0.05) is 0 Å². The molecule has 1 unspecified atom stereocenters. The number of carbonyl (C=O) groups is 1. The van der Waals surface area contributed by atoms with Crippen LogP contribution in [0.2, 0.25) is 0 Å². The Hall–Kier alpha value is -1.66. The Morgan fingerprint density at radius 2 is 2.04 bits per heavy atom. The molecular formula is C17H26N4O2. The predicted octanol–water partition coefficient (Wildman–Crippen LogP) is 1.13. The zero-order valence-corrected chi connectivity index (χ0v) is 13.8. The summed E-state index contributed by atoms with van der Waals surface area (Å²) in [4.78, 5) is 21.6. The molecule has 1 aromatic rings. The van der Waals surface area contributed by atoms with Gasteiger partial charge in [0.2, 0.25) is 0 Å². The van der Waals surface area contributed by atoms with E-state index >= 15 is 0 Å². The van der Waals surface area contributed by atoms with Crippen molar-refractivity contribution in [2.45, 2.75) is 25.8 Å². The number of carbonyl (C=O) groups excluding carboxylic acids is 1. The van der Waals surface area contributed by atoms with Gasteiger partial charge in [0.25, 0.3) is 5.91 Å². The highest BCUT2D eigenvalue weighted by Gasteiger charge is 2.22. The van der Waals surface area contributed by atoms with E-state index in [1.54, 1.807) is 6.20 Å². The van der Waals surface area contributed by atoms with E-state index in [4.69, 9.17) is 4.74 Å². The minimum atomic E-state index is -0.0277. The van der Waals surface area contributed by atoms with E-state index in [0.717, 1.165) is 45.2 Å². The van der Waals surface area contributed by atoms with Crippen molar-refractivity contribution in [3.63, 3.8) is 0 Å². The minimum Gasteiger partial charge on any atom is -0.379 e. The third-order valence-corrected chi connectivity index (χ3v) is 4.66. The van der Waals surface area contributed by atoms with Crippen LogP contribution in [0.25, 0.3) is 0 Å². The molecule has 23 heavy (non-hydrogen) atoms. The van der Waals surface area contributed by atoms with Crippen LogP contribution in [-0.4, -0.2) is 67.8 Å². The molecule has 0 saturated carbocycles. The van der Waals surface area contributed by atoms with E-state index in [1.807, 2.05) is 12.1 Å². The van der Waals surface area contributed by atoms with E-state index in [-0.39, 0.29) is 5.91 Å². The molecule has 6 heteroatoms. The van der Waals surface area contributed by atoms with Gasteiger partial charge in [0.05, 0.1) is 18.8 Å². The number of hydrogen-bond donors (Lipinski definition) is 1. The zero-order chi connectivity index (χ0) is 16.1. The number of rotatable bonds is 5. The molecule has 126 valence electrons. The highest BCUT2D eigenvalue weighted by molar-refractivity contribution is 5.98. The first-order valence-electron chi connectivity index (χ1n) is 8.55. The van der Waals surface area contributed by atoms with Crippen molar-refractivity contribution in [2.75, 3.05) is 50.8 Å². The molecule has 3 heterocycles. The molecule has 0 spiro atoms. The van der Waals surface area contributed by atoms with E-state index in [2.05, 4.69) is 27.0 Å². The number of anilines is 1. The second kappa shape index (κ2) is 7.75. The summed E-state index contributed by atoms with van der Waals surface area (Å²) in [6, 6.07) is 4.02. The second-order valence-electron chi connectivity index (χ2n) is 6.28. The van der Waals surface area contributed by atoms with Gasteiger partial charge in [-0.25, -0.2) is 4.98 Å². The molecule has 0 aliphatic carbocycles. The largest absolute Gasteiger partial charge is 0.379 e. The molecule has 0 bridgehead atoms. The predicted molar refractivity (Wildman–Crippen MR) is 89.9 cm³/mol. The van der Waals surface area contributed by atoms with Crippen molar-refractivity contribution in [2.24, 2.45) is 0 Å². The highest BCUT2D eigenvalue weighted by atomic mass is 16.5. The molecule has 2 fully saturated rings. The van der Waals surface area contributed by atoms with Gasteiger partial charge in [0, 0.05) is 45.0 Å². The van der Waals surface area contributed by atoms with Crippen LogP contribution in [0.5, 0.6) is 0 Å². The molecule has 3 rings (SSSR count). The van der Waals surface area contributed by atoms with Crippen molar-refractivity contribution in [1.29, 1.82) is 0 Å². The lowest BCUT2D eigenvalue weighted by atomic mass is 10.2. The summed E-state index contributed by atoms with van der Waals surface area (Å²) in [5.41, 5.74) is 0.684. The fourth-order valence-corrected chi connectivity index (χ4v) is 3.24. The standard InChI is InChI=1S/C17H26N4O2/c1-14(20-9-11-23-12-10-20)13-19-17(22)15-5-4-6-18-16(15)21-7-2-3-8-21/h4-6,14H,2-3,7-13H2,1H3,(H,19,22). The van der Waals surface area contributed by atoms with Crippen LogP contribution >= 0.6 is 0 Å². The molecule has 1 aromatic heterocycles. The van der Waals surface area contributed by atoms with Crippen LogP contribution in [0, 0.1) is 0 Å². The van der Waals surface area contributed by atoms with Gasteiger partial charge >= 0.3 is 0 Å². The van der Waals surface area contributed by atoms with E-state index in [1.165, 1.54) is 12.8 Å². The molecule has 2 saturated heterocycles. The zero-order valence-electron chi connectivity index (χ0n) is 13.8. The number of morpholine rings is 1. The minimum absolute atomic E-state index is 0.0277. The van der Waals surface area contributed by atoms with Gasteiger partial charge in [-0.15, -0.1) is 0 Å². The Bertz CT molecular complexity index is 525. The molecule has 1 atom stereocenters. The molecule has 2 aliphatic rings. The van der Waals surface area contributed by atoms with Crippen molar-refractivity contribution in [1.82, 2.24) is 15.2 Å². The maximum absolute atomic E-state index is 12.6. The summed E-state index contributed by atoms with van der Waals surface area (Å²) < 4.78 is 5.37. The Kier molecular flexibility index (Phi) is 5.46. The number of ether oxygens (including phenoxy) is 1. The monoisotopic (exact) mass is 318 g/mol. The normalized spacial score (nSPS) is 20.5. The van der Waals surface area contributed by atoms with Gasteiger partial charge in [-0.3, -0.25) is 9.69 Å². The number of nitrogens with one attached hydrogen (secondary N) is 1. The lowest BCUT2D eigenvalue weighted by molar-refractivity contribution is 0.0204. The summed E-state index contributed by atoms with van der Waals surface area (Å²) in [6.45, 7) is 8.19. The smallest absolute Gasteiger partial charge is 0.255 e. The second-order valence-corrected chi connectivity index (χ2v) is 6.28. The Labute approximate surface area is 137 Å². The number of nitrogens with zero attached hydrogens (tertiary/aromatic N) is 3. The van der Waals surface area contributed by atoms with Crippen LogP contribution in [0.4, 0.5) is 5.82 Å². The fourth-order valence-electron chi connectivity index (χ4n) is 3.24. The lowest BCUT2D eigenvalue weighted by Crippen LogP contribution is -2.47. The molecule has 0 aromatic carbocycles. The topological polar surface area (TPSA) is 57.7 Å². The van der Waals surface area contributed by atoms with Crippen LogP contribution in [-0.2, 0) is 4.74 Å². The van der Waals surface area contributed by atoms with Crippen molar-refractivity contribution >= 4 is 11.7 Å². The van der Waals surface area contributed by atoms with Gasteiger partial charge in [0.15, 0.2) is 0 Å². The number of pyridine rings is 1. The summed E-state index contributed by atoms with van der Waals surface area (Å²) in [5, 5.41) is 3.07. The van der Waals surface area contributed by atoms with Gasteiger partial charge in [-0.05, 0) is 31.9 Å². The first-order valence-corrected chi connectivity index (χ1v) is 8.55. The molecule has 2 aliphatic heterocycles. The number of hydrogen-bond acceptors (Lipinski definition) is 5. The average molecular weight is 318 g/mol. The van der Waals surface area contributed by atoms with Gasteiger partial charge in [0.1, 0.15) is 5.82 Å². The third-order valence-electron chi connectivity index (χ3n) is 4.66. The quantitative estimate of drug-likeness (QED) is 0.882. The Morgan fingerprint density at radius 3 is 2.78 bits per heavy atom. The molecule has 1 N–H and O–H groups in total. The highest BCUT2D eigenvalue weighted by Crippen LogP contribution is 2.21. The van der Waals surface area contributed by atoms with Crippen LogP contribution in [0.1, 0.15) is 30.1 Å². The van der Waals surface area contributed by atoms with Gasteiger partial charge in [-0.2, -0.15) is 0 Å². The molecule has 0 radical (unpaired) electrons. The Morgan fingerprint density at radius 1 is 1.30 bits per heavy atom. The first kappa shape index (κ1) is 16.2. The summed E-state index contributed by atoms with van der Waals surface area (Å²) in [7, 11) is 0. The average Bonchev–Trinajstić information content (AvgIpc) is 3.14. The third kappa shape index (κ3) is 4.00. The number of aromatic nitrogens is 1.